The Labute approximate surface area is 157 Å². The number of anilines is 1. The summed E-state index contributed by atoms with van der Waals surface area (Å²) >= 11 is 0. The Morgan fingerprint density at radius 1 is 0.963 bits per heavy atom. The van der Waals surface area contributed by atoms with E-state index in [0.29, 0.717) is 30.0 Å². The monoisotopic (exact) mass is 369 g/mol. The average molecular weight is 369 g/mol. The number of aromatic nitrogens is 2. The number of rotatable bonds is 6. The fraction of sp³-hybridized carbons (Fsp3) is 0.300. The maximum atomic E-state index is 12.3. The van der Waals surface area contributed by atoms with Crippen LogP contribution in [0.2, 0.25) is 0 Å². The van der Waals surface area contributed by atoms with Crippen LogP contribution in [0.4, 0.5) is 5.69 Å². The summed E-state index contributed by atoms with van der Waals surface area (Å²) in [5, 5.41) is 2.89. The van der Waals surface area contributed by atoms with Crippen molar-refractivity contribution >= 4 is 22.6 Å². The van der Waals surface area contributed by atoms with Crippen LogP contribution in [0.1, 0.15) is 12.0 Å². The van der Waals surface area contributed by atoms with E-state index in [9.17, 15) is 9.59 Å². The molecule has 0 aliphatic carbocycles. The number of nitrogens with zero attached hydrogens (tertiary/aromatic N) is 2. The molecule has 0 atom stereocenters. The topological polar surface area (TPSA) is 74.5 Å². The molecule has 0 spiro atoms. The number of amides is 1. The maximum absolute atomic E-state index is 12.3. The van der Waals surface area contributed by atoms with Crippen molar-refractivity contribution in [3.63, 3.8) is 0 Å². The van der Waals surface area contributed by atoms with E-state index in [1.165, 1.54) is 0 Å². The Morgan fingerprint density at radius 3 is 2.37 bits per heavy atom. The molecular formula is C20H23N3O4. The standard InChI is InChI=1S/C20H23N3O4/c1-22-15-8-7-14(12-16(15)23(2)20(22)25)21-19(24)10-6-13-5-9-17(26-3)18(11-13)27-4/h5,7-9,11-12H,6,10H2,1-4H3,(H,21,24). The van der Waals surface area contributed by atoms with E-state index in [-0.39, 0.29) is 11.6 Å². The van der Waals surface area contributed by atoms with Crippen molar-refractivity contribution in [2.75, 3.05) is 19.5 Å². The third-order valence-electron chi connectivity index (χ3n) is 4.64. The molecule has 0 saturated carbocycles. The van der Waals surface area contributed by atoms with Gasteiger partial charge in [0.2, 0.25) is 5.91 Å². The van der Waals surface area contributed by atoms with E-state index in [4.69, 9.17) is 9.47 Å². The zero-order valence-corrected chi connectivity index (χ0v) is 15.9. The summed E-state index contributed by atoms with van der Waals surface area (Å²) < 4.78 is 13.7. The lowest BCUT2D eigenvalue weighted by Gasteiger charge is -2.10. The number of ether oxygens (including phenoxy) is 2. The smallest absolute Gasteiger partial charge is 0.328 e. The van der Waals surface area contributed by atoms with Crippen LogP contribution in [0.3, 0.4) is 0 Å². The third-order valence-corrected chi connectivity index (χ3v) is 4.64. The van der Waals surface area contributed by atoms with Gasteiger partial charge in [-0.1, -0.05) is 6.07 Å². The maximum Gasteiger partial charge on any atom is 0.328 e. The van der Waals surface area contributed by atoms with Crippen LogP contribution in [0.25, 0.3) is 11.0 Å². The third kappa shape index (κ3) is 3.67. The Hall–Kier alpha value is -3.22. The van der Waals surface area contributed by atoms with Crippen molar-refractivity contribution in [3.05, 3.63) is 52.4 Å². The zero-order valence-electron chi connectivity index (χ0n) is 15.9. The molecule has 0 fully saturated rings. The second kappa shape index (κ2) is 7.57. The summed E-state index contributed by atoms with van der Waals surface area (Å²) in [5.41, 5.74) is 3.16. The molecule has 0 unspecified atom stereocenters. The number of benzene rings is 2. The molecule has 0 aliphatic heterocycles. The molecule has 2 aromatic carbocycles. The molecule has 7 heteroatoms. The summed E-state index contributed by atoms with van der Waals surface area (Å²) in [5.74, 6) is 1.21. The van der Waals surface area contributed by atoms with Crippen molar-refractivity contribution < 1.29 is 14.3 Å². The summed E-state index contributed by atoms with van der Waals surface area (Å²) in [7, 11) is 6.62. The van der Waals surface area contributed by atoms with Gasteiger partial charge in [-0.15, -0.1) is 0 Å². The fourth-order valence-corrected chi connectivity index (χ4v) is 3.10. The van der Waals surface area contributed by atoms with Crippen molar-refractivity contribution in [2.24, 2.45) is 14.1 Å². The second-order valence-electron chi connectivity index (χ2n) is 6.34. The number of hydrogen-bond acceptors (Lipinski definition) is 4. The Kier molecular flexibility index (Phi) is 5.21. The molecule has 142 valence electrons. The van der Waals surface area contributed by atoms with Gasteiger partial charge in [0, 0.05) is 26.2 Å². The van der Waals surface area contributed by atoms with Crippen LogP contribution in [0, 0.1) is 0 Å². The lowest BCUT2D eigenvalue weighted by molar-refractivity contribution is -0.116. The van der Waals surface area contributed by atoms with Gasteiger partial charge in [0.05, 0.1) is 25.3 Å². The minimum atomic E-state index is -0.0954. The highest BCUT2D eigenvalue weighted by Crippen LogP contribution is 2.28. The number of carbonyl (C=O) groups excluding carboxylic acids is 1. The second-order valence-corrected chi connectivity index (χ2v) is 6.34. The SMILES string of the molecule is COc1ccc(CCC(=O)Nc2ccc3c(c2)n(C)c(=O)n3C)cc1OC. The van der Waals surface area contributed by atoms with Crippen molar-refractivity contribution in [1.82, 2.24) is 9.13 Å². The van der Waals surface area contributed by atoms with Gasteiger partial charge in [-0.2, -0.15) is 0 Å². The van der Waals surface area contributed by atoms with Gasteiger partial charge >= 0.3 is 5.69 Å². The van der Waals surface area contributed by atoms with Gasteiger partial charge in [0.1, 0.15) is 0 Å². The molecule has 0 saturated heterocycles. The predicted molar refractivity (Wildman–Crippen MR) is 105 cm³/mol. The van der Waals surface area contributed by atoms with Gasteiger partial charge in [0.25, 0.3) is 0 Å². The normalized spacial score (nSPS) is 10.8. The van der Waals surface area contributed by atoms with Gasteiger partial charge in [0.15, 0.2) is 11.5 Å². The van der Waals surface area contributed by atoms with E-state index in [2.05, 4.69) is 5.32 Å². The summed E-state index contributed by atoms with van der Waals surface area (Å²) in [4.78, 5) is 24.3. The van der Waals surface area contributed by atoms with Gasteiger partial charge in [-0.3, -0.25) is 13.9 Å². The molecule has 0 radical (unpaired) electrons. The van der Waals surface area contributed by atoms with Crippen LogP contribution in [-0.4, -0.2) is 29.3 Å². The van der Waals surface area contributed by atoms with Crippen LogP contribution in [0.15, 0.2) is 41.2 Å². The van der Waals surface area contributed by atoms with E-state index in [1.54, 1.807) is 43.5 Å². The lowest BCUT2D eigenvalue weighted by Crippen LogP contribution is -2.19. The zero-order chi connectivity index (χ0) is 19.6. The van der Waals surface area contributed by atoms with Crippen molar-refractivity contribution in [3.8, 4) is 11.5 Å². The first-order valence-corrected chi connectivity index (χ1v) is 8.61. The van der Waals surface area contributed by atoms with E-state index < -0.39 is 0 Å². The predicted octanol–water partition coefficient (Wildman–Crippen LogP) is 2.47. The first-order valence-electron chi connectivity index (χ1n) is 8.61. The highest BCUT2D eigenvalue weighted by atomic mass is 16.5. The Morgan fingerprint density at radius 2 is 1.67 bits per heavy atom. The molecule has 0 bridgehead atoms. The van der Waals surface area contributed by atoms with Gasteiger partial charge in [-0.05, 0) is 42.3 Å². The molecule has 1 aromatic heterocycles. The Bertz CT molecular complexity index is 1050. The fourth-order valence-electron chi connectivity index (χ4n) is 3.10. The van der Waals surface area contributed by atoms with Crippen molar-refractivity contribution in [2.45, 2.75) is 12.8 Å². The molecule has 1 N–H and O–H groups in total. The highest BCUT2D eigenvalue weighted by molar-refractivity contribution is 5.93. The van der Waals surface area contributed by atoms with Crippen molar-refractivity contribution in [1.29, 1.82) is 0 Å². The quantitative estimate of drug-likeness (QED) is 0.724. The molecular weight excluding hydrogens is 346 g/mol. The lowest BCUT2D eigenvalue weighted by atomic mass is 10.1. The molecule has 7 nitrogen and oxygen atoms in total. The number of fused-ring (bicyclic) bond motifs is 1. The highest BCUT2D eigenvalue weighted by Gasteiger charge is 2.10. The number of imidazole rings is 1. The Balaban J connectivity index is 1.68. The number of nitrogens with one attached hydrogen (secondary N) is 1. The van der Waals surface area contributed by atoms with Gasteiger partial charge in [-0.25, -0.2) is 4.79 Å². The number of aryl methyl sites for hydroxylation is 3. The van der Waals surface area contributed by atoms with E-state index >= 15 is 0 Å². The summed E-state index contributed by atoms with van der Waals surface area (Å²) in [6, 6.07) is 11.1. The van der Waals surface area contributed by atoms with Crippen LogP contribution in [0.5, 0.6) is 11.5 Å². The number of hydrogen-bond donors (Lipinski definition) is 1. The molecule has 0 aliphatic rings. The first-order chi connectivity index (χ1) is 12.9. The van der Waals surface area contributed by atoms with Crippen LogP contribution >= 0.6 is 0 Å². The molecule has 3 rings (SSSR count). The summed E-state index contributed by atoms with van der Waals surface area (Å²) in [6.07, 6.45) is 0.916. The molecule has 1 amide bonds. The first kappa shape index (κ1) is 18.6. The van der Waals surface area contributed by atoms with Gasteiger partial charge < -0.3 is 14.8 Å². The minimum Gasteiger partial charge on any atom is -0.493 e. The molecule has 3 aromatic rings. The summed E-state index contributed by atoms with van der Waals surface area (Å²) in [6.45, 7) is 0. The van der Waals surface area contributed by atoms with Crippen LogP contribution in [-0.2, 0) is 25.3 Å². The van der Waals surface area contributed by atoms with E-state index in [0.717, 1.165) is 16.6 Å². The largest absolute Gasteiger partial charge is 0.493 e. The number of carbonyl (C=O) groups is 1. The minimum absolute atomic E-state index is 0.0925. The van der Waals surface area contributed by atoms with Crippen LogP contribution < -0.4 is 20.5 Å². The average Bonchev–Trinajstić information content (AvgIpc) is 2.90. The number of methoxy groups -OCH3 is 2. The molecule has 27 heavy (non-hydrogen) atoms. The van der Waals surface area contributed by atoms with E-state index in [1.807, 2.05) is 30.3 Å². The molecule has 1 heterocycles.